The Morgan fingerprint density at radius 3 is 3.12 bits per heavy atom. The molecular formula is C10H19N5O2. The number of amides is 3. The van der Waals surface area contributed by atoms with Crippen molar-refractivity contribution in [2.24, 2.45) is 5.84 Å². The van der Waals surface area contributed by atoms with Crippen LogP contribution in [-0.2, 0) is 4.79 Å². The van der Waals surface area contributed by atoms with Crippen molar-refractivity contribution in [2.75, 3.05) is 26.2 Å². The highest BCUT2D eigenvalue weighted by Gasteiger charge is 2.36. The van der Waals surface area contributed by atoms with Gasteiger partial charge >= 0.3 is 6.03 Å². The van der Waals surface area contributed by atoms with Crippen LogP contribution in [0, 0.1) is 0 Å². The van der Waals surface area contributed by atoms with Gasteiger partial charge in [0, 0.05) is 38.6 Å². The van der Waals surface area contributed by atoms with Crippen molar-refractivity contribution in [3.05, 3.63) is 0 Å². The lowest BCUT2D eigenvalue weighted by atomic mass is 10.1. The summed E-state index contributed by atoms with van der Waals surface area (Å²) < 4.78 is 0. The highest BCUT2D eigenvalue weighted by atomic mass is 16.2. The fraction of sp³-hybridized carbons (Fsp3) is 0.800. The van der Waals surface area contributed by atoms with E-state index >= 15 is 0 Å². The molecule has 2 saturated heterocycles. The fourth-order valence-electron chi connectivity index (χ4n) is 2.48. The molecule has 17 heavy (non-hydrogen) atoms. The molecular weight excluding hydrogens is 222 g/mol. The van der Waals surface area contributed by atoms with Gasteiger partial charge in [-0.1, -0.05) is 0 Å². The summed E-state index contributed by atoms with van der Waals surface area (Å²) in [6.45, 7) is 5.06. The van der Waals surface area contributed by atoms with Crippen LogP contribution in [0.3, 0.4) is 0 Å². The first-order chi connectivity index (χ1) is 8.11. The third kappa shape index (κ3) is 2.50. The molecule has 2 aliphatic rings. The average Bonchev–Trinajstić information content (AvgIpc) is 2.70. The van der Waals surface area contributed by atoms with Crippen molar-refractivity contribution in [1.82, 2.24) is 20.5 Å². The van der Waals surface area contributed by atoms with Crippen molar-refractivity contribution in [2.45, 2.75) is 25.4 Å². The van der Waals surface area contributed by atoms with Gasteiger partial charge in [-0.25, -0.2) is 10.6 Å². The lowest BCUT2D eigenvalue weighted by Crippen LogP contribution is -2.55. The molecule has 7 nitrogen and oxygen atoms in total. The summed E-state index contributed by atoms with van der Waals surface area (Å²) in [5.74, 6) is 4.92. The van der Waals surface area contributed by atoms with Crippen molar-refractivity contribution >= 4 is 11.9 Å². The Hall–Kier alpha value is -1.34. The number of hydrogen-bond donors (Lipinski definition) is 3. The molecule has 2 heterocycles. The third-order valence-electron chi connectivity index (χ3n) is 3.53. The van der Waals surface area contributed by atoms with Crippen LogP contribution < -0.4 is 16.6 Å². The maximum Gasteiger partial charge on any atom is 0.317 e. The molecule has 0 aromatic rings. The predicted molar refractivity (Wildman–Crippen MR) is 61.9 cm³/mol. The Morgan fingerprint density at radius 2 is 2.41 bits per heavy atom. The number of fused-ring (bicyclic) bond motifs is 1. The lowest BCUT2D eigenvalue weighted by molar-refractivity contribution is -0.122. The number of piperazine rings is 1. The molecule has 0 saturated carbocycles. The predicted octanol–water partition coefficient (Wildman–Crippen LogP) is -1.54. The van der Waals surface area contributed by atoms with E-state index in [1.54, 1.807) is 0 Å². The molecule has 0 aromatic carbocycles. The zero-order chi connectivity index (χ0) is 12.4. The number of nitrogens with zero attached hydrogens (tertiary/aromatic N) is 2. The van der Waals surface area contributed by atoms with Crippen LogP contribution in [0.1, 0.15) is 13.3 Å². The molecule has 0 aliphatic carbocycles. The minimum atomic E-state index is -0.152. The first-order valence-electron chi connectivity index (χ1n) is 5.89. The van der Waals surface area contributed by atoms with E-state index in [1.807, 2.05) is 11.8 Å². The molecule has 0 aromatic heterocycles. The second kappa shape index (κ2) is 4.89. The topological polar surface area (TPSA) is 90.7 Å². The molecule has 4 N–H and O–H groups in total. The van der Waals surface area contributed by atoms with Gasteiger partial charge in [0.15, 0.2) is 0 Å². The zero-order valence-electron chi connectivity index (χ0n) is 9.98. The van der Waals surface area contributed by atoms with Gasteiger partial charge in [0.05, 0.1) is 6.04 Å². The Labute approximate surface area is 100 Å². The number of urea groups is 1. The molecule has 7 heteroatoms. The van der Waals surface area contributed by atoms with Gasteiger partial charge in [-0.2, -0.15) is 0 Å². The largest absolute Gasteiger partial charge is 0.336 e. The second-order valence-corrected chi connectivity index (χ2v) is 4.65. The minimum absolute atomic E-state index is 0.0296. The van der Waals surface area contributed by atoms with Gasteiger partial charge in [0.2, 0.25) is 5.91 Å². The van der Waals surface area contributed by atoms with E-state index < -0.39 is 0 Å². The molecule has 2 rings (SSSR count). The molecule has 96 valence electrons. The van der Waals surface area contributed by atoms with E-state index in [9.17, 15) is 9.59 Å². The first-order valence-corrected chi connectivity index (χ1v) is 5.89. The molecule has 0 spiro atoms. The number of hydrazine groups is 1. The molecule has 2 atom stereocenters. The molecule has 2 fully saturated rings. The normalized spacial score (nSPS) is 26.4. The van der Waals surface area contributed by atoms with Gasteiger partial charge < -0.3 is 10.2 Å². The van der Waals surface area contributed by atoms with Gasteiger partial charge in [0.25, 0.3) is 0 Å². The van der Waals surface area contributed by atoms with Gasteiger partial charge in [0.1, 0.15) is 0 Å². The number of nitrogens with two attached hydrogens (primary N) is 1. The summed E-state index contributed by atoms with van der Waals surface area (Å²) in [7, 11) is 0. The van der Waals surface area contributed by atoms with Crippen LogP contribution >= 0.6 is 0 Å². The van der Waals surface area contributed by atoms with Crippen molar-refractivity contribution in [1.29, 1.82) is 0 Å². The van der Waals surface area contributed by atoms with E-state index in [1.165, 1.54) is 0 Å². The van der Waals surface area contributed by atoms with E-state index in [-0.39, 0.29) is 24.0 Å². The van der Waals surface area contributed by atoms with Crippen molar-refractivity contribution < 1.29 is 9.59 Å². The quantitative estimate of drug-likeness (QED) is 0.317. The monoisotopic (exact) mass is 241 g/mol. The molecule has 0 bridgehead atoms. The summed E-state index contributed by atoms with van der Waals surface area (Å²) in [6, 6.07) is 0.415. The SMILES string of the molecule is CC(CC(=O)NN)N1CCN2C(=O)NCC2C1. The summed E-state index contributed by atoms with van der Waals surface area (Å²) in [4.78, 5) is 26.7. The molecule has 0 radical (unpaired) electrons. The minimum Gasteiger partial charge on any atom is -0.336 e. The first kappa shape index (κ1) is 12.1. The van der Waals surface area contributed by atoms with Crippen molar-refractivity contribution in [3.8, 4) is 0 Å². The number of hydrogen-bond acceptors (Lipinski definition) is 4. The van der Waals surface area contributed by atoms with Crippen LogP contribution in [0.5, 0.6) is 0 Å². The second-order valence-electron chi connectivity index (χ2n) is 4.65. The zero-order valence-corrected chi connectivity index (χ0v) is 9.98. The van der Waals surface area contributed by atoms with Crippen LogP contribution in [-0.4, -0.2) is 60.0 Å². The smallest absolute Gasteiger partial charge is 0.317 e. The number of rotatable bonds is 3. The maximum atomic E-state index is 11.4. The summed E-state index contributed by atoms with van der Waals surface area (Å²) in [5, 5.41) is 2.83. The third-order valence-corrected chi connectivity index (χ3v) is 3.53. The van der Waals surface area contributed by atoms with Crippen LogP contribution in [0.4, 0.5) is 4.79 Å². The average molecular weight is 241 g/mol. The summed E-state index contributed by atoms with van der Waals surface area (Å²) in [5.41, 5.74) is 2.15. The summed E-state index contributed by atoms with van der Waals surface area (Å²) in [6.07, 6.45) is 0.393. The summed E-state index contributed by atoms with van der Waals surface area (Å²) >= 11 is 0. The van der Waals surface area contributed by atoms with Crippen LogP contribution in [0.25, 0.3) is 0 Å². The molecule has 3 amide bonds. The number of nitrogens with one attached hydrogen (secondary N) is 2. The number of carbonyl (C=O) groups excluding carboxylic acids is 2. The van der Waals surface area contributed by atoms with Gasteiger partial charge in [-0.3, -0.25) is 15.1 Å². The molecule has 2 aliphatic heterocycles. The highest BCUT2D eigenvalue weighted by molar-refractivity contribution is 5.77. The molecule has 2 unspecified atom stereocenters. The Balaban J connectivity index is 1.88. The Morgan fingerprint density at radius 1 is 1.65 bits per heavy atom. The van der Waals surface area contributed by atoms with Gasteiger partial charge in [-0.05, 0) is 6.92 Å². The fourth-order valence-corrected chi connectivity index (χ4v) is 2.48. The Kier molecular flexibility index (Phi) is 3.49. The highest BCUT2D eigenvalue weighted by Crippen LogP contribution is 2.17. The van der Waals surface area contributed by atoms with Crippen LogP contribution in [0.15, 0.2) is 0 Å². The van der Waals surface area contributed by atoms with Crippen LogP contribution in [0.2, 0.25) is 0 Å². The van der Waals surface area contributed by atoms with E-state index in [0.29, 0.717) is 13.0 Å². The lowest BCUT2D eigenvalue weighted by Gasteiger charge is -2.39. The maximum absolute atomic E-state index is 11.4. The standard InChI is InChI=1S/C10H19N5O2/c1-7(4-9(16)13-11)14-2-3-15-8(6-14)5-12-10(15)17/h7-8H,2-6,11H2,1H3,(H,12,17)(H,13,16). The van der Waals surface area contributed by atoms with E-state index in [2.05, 4.69) is 15.6 Å². The Bertz CT molecular complexity index is 322. The van der Waals surface area contributed by atoms with E-state index in [4.69, 9.17) is 5.84 Å². The van der Waals surface area contributed by atoms with Crippen molar-refractivity contribution in [3.63, 3.8) is 0 Å². The number of carbonyl (C=O) groups is 2. The van der Waals surface area contributed by atoms with Gasteiger partial charge in [-0.15, -0.1) is 0 Å². The van der Waals surface area contributed by atoms with E-state index in [0.717, 1.165) is 19.6 Å².